The Labute approximate surface area is 84.6 Å². The zero-order chi connectivity index (χ0) is 10.7. The third kappa shape index (κ3) is 1.95. The van der Waals surface area contributed by atoms with E-state index in [4.69, 9.17) is 5.11 Å². The Morgan fingerprint density at radius 3 is 2.64 bits per heavy atom. The van der Waals surface area contributed by atoms with Crippen molar-refractivity contribution in [2.75, 3.05) is 0 Å². The molecule has 0 fully saturated rings. The quantitative estimate of drug-likeness (QED) is 0.798. The minimum Gasteiger partial charge on any atom is -0.478 e. The van der Waals surface area contributed by atoms with E-state index < -0.39 is 5.97 Å². The summed E-state index contributed by atoms with van der Waals surface area (Å²) in [6, 6.07) is 5.67. The smallest absolute Gasteiger partial charge is 0.336 e. The number of carboxylic acids is 1. The number of carbonyl (C=O) groups is 1. The lowest BCUT2D eigenvalue weighted by molar-refractivity contribution is 0.0694. The minimum absolute atomic E-state index is 0.306. The lowest BCUT2D eigenvalue weighted by Crippen LogP contribution is -2.07. The molecule has 1 aromatic carbocycles. The topological polar surface area (TPSA) is 37.3 Å². The fraction of sp³-hybridized carbons (Fsp3) is 0.417. The van der Waals surface area contributed by atoms with Gasteiger partial charge in [-0.05, 0) is 30.4 Å². The number of hydrogen-bond acceptors (Lipinski definition) is 1. The lowest BCUT2D eigenvalue weighted by atomic mass is 9.91. The monoisotopic (exact) mass is 192 g/mol. The molecule has 0 heterocycles. The van der Waals surface area contributed by atoms with Gasteiger partial charge in [-0.15, -0.1) is 0 Å². The molecular weight excluding hydrogens is 176 g/mol. The van der Waals surface area contributed by atoms with Crippen LogP contribution in [0.5, 0.6) is 0 Å². The maximum Gasteiger partial charge on any atom is 0.336 e. The molecular formula is C12H16O2. The average Bonchev–Trinajstić information content (AvgIpc) is 2.15. The number of carboxylic acid groups (broad SMARTS) is 1. The van der Waals surface area contributed by atoms with E-state index >= 15 is 0 Å². The summed E-state index contributed by atoms with van der Waals surface area (Å²) in [5.41, 5.74) is 2.26. The Hall–Kier alpha value is -1.31. The Kier molecular flexibility index (Phi) is 3.28. The molecule has 0 amide bonds. The van der Waals surface area contributed by atoms with Gasteiger partial charge in [-0.2, -0.15) is 0 Å². The van der Waals surface area contributed by atoms with E-state index in [9.17, 15) is 4.79 Å². The van der Waals surface area contributed by atoms with Gasteiger partial charge in [0.25, 0.3) is 0 Å². The summed E-state index contributed by atoms with van der Waals surface area (Å²) < 4.78 is 0. The molecule has 0 bridgehead atoms. The zero-order valence-electron chi connectivity index (χ0n) is 8.87. The van der Waals surface area contributed by atoms with Crippen molar-refractivity contribution >= 4 is 5.97 Å². The number of hydrogen-bond donors (Lipinski definition) is 1. The molecule has 1 rings (SSSR count). The average molecular weight is 192 g/mol. The summed E-state index contributed by atoms with van der Waals surface area (Å²) in [6.45, 7) is 5.97. The molecule has 0 saturated carbocycles. The van der Waals surface area contributed by atoms with Crippen LogP contribution in [0.4, 0.5) is 0 Å². The first-order valence-corrected chi connectivity index (χ1v) is 4.90. The first kappa shape index (κ1) is 10.8. The number of aromatic carboxylic acids is 1. The summed E-state index contributed by atoms with van der Waals surface area (Å²) in [6.07, 6.45) is 0.962. The highest BCUT2D eigenvalue weighted by atomic mass is 16.4. The van der Waals surface area contributed by atoms with Crippen LogP contribution in [0.2, 0.25) is 0 Å². The first-order valence-electron chi connectivity index (χ1n) is 4.90. The van der Waals surface area contributed by atoms with Crippen LogP contribution >= 0.6 is 0 Å². The molecule has 0 spiro atoms. The van der Waals surface area contributed by atoms with Gasteiger partial charge in [0.1, 0.15) is 0 Å². The van der Waals surface area contributed by atoms with Crippen molar-refractivity contribution in [1.82, 2.24) is 0 Å². The Bertz CT molecular complexity index is 342. The highest BCUT2D eigenvalue weighted by Gasteiger charge is 2.15. The van der Waals surface area contributed by atoms with Crippen LogP contribution in [0.15, 0.2) is 18.2 Å². The van der Waals surface area contributed by atoms with E-state index in [0.717, 1.165) is 17.5 Å². The standard InChI is InChI=1S/C12H16O2/c1-4-8(2)10-7-5-6-9(3)11(10)12(13)14/h5-8H,4H2,1-3H3,(H,13,14). The maximum absolute atomic E-state index is 11.1. The molecule has 1 unspecified atom stereocenters. The van der Waals surface area contributed by atoms with E-state index in [1.54, 1.807) is 0 Å². The third-order valence-corrected chi connectivity index (χ3v) is 2.66. The highest BCUT2D eigenvalue weighted by molar-refractivity contribution is 5.91. The van der Waals surface area contributed by atoms with E-state index in [2.05, 4.69) is 13.8 Å². The molecule has 0 radical (unpaired) electrons. The van der Waals surface area contributed by atoms with E-state index in [-0.39, 0.29) is 0 Å². The van der Waals surface area contributed by atoms with Gasteiger partial charge in [0, 0.05) is 0 Å². The first-order chi connectivity index (χ1) is 6.57. The van der Waals surface area contributed by atoms with E-state index in [1.165, 1.54) is 0 Å². The van der Waals surface area contributed by atoms with E-state index in [1.807, 2.05) is 25.1 Å². The largest absolute Gasteiger partial charge is 0.478 e. The summed E-state index contributed by atoms with van der Waals surface area (Å²) in [7, 11) is 0. The van der Waals surface area contributed by atoms with Crippen molar-refractivity contribution in [3.8, 4) is 0 Å². The van der Waals surface area contributed by atoms with Gasteiger partial charge in [0.2, 0.25) is 0 Å². The second-order valence-electron chi connectivity index (χ2n) is 3.65. The van der Waals surface area contributed by atoms with Crippen molar-refractivity contribution in [3.63, 3.8) is 0 Å². The van der Waals surface area contributed by atoms with Crippen LogP contribution in [-0.2, 0) is 0 Å². The minimum atomic E-state index is -0.821. The summed E-state index contributed by atoms with van der Waals surface area (Å²) >= 11 is 0. The van der Waals surface area contributed by atoms with Gasteiger partial charge in [0.15, 0.2) is 0 Å². The molecule has 1 aromatic rings. The fourth-order valence-corrected chi connectivity index (χ4v) is 1.61. The molecule has 0 aliphatic rings. The molecule has 76 valence electrons. The molecule has 0 saturated heterocycles. The summed E-state index contributed by atoms with van der Waals surface area (Å²) in [5, 5.41) is 9.09. The SMILES string of the molecule is CCC(C)c1cccc(C)c1C(=O)O. The predicted octanol–water partition coefficient (Wildman–Crippen LogP) is 3.21. The lowest BCUT2D eigenvalue weighted by Gasteiger charge is -2.13. The Morgan fingerprint density at radius 1 is 1.50 bits per heavy atom. The number of rotatable bonds is 3. The Morgan fingerprint density at radius 2 is 2.14 bits per heavy atom. The fourth-order valence-electron chi connectivity index (χ4n) is 1.61. The summed E-state index contributed by atoms with van der Waals surface area (Å²) in [5.74, 6) is -0.514. The van der Waals surface area contributed by atoms with Gasteiger partial charge in [-0.25, -0.2) is 4.79 Å². The highest BCUT2D eigenvalue weighted by Crippen LogP contribution is 2.24. The van der Waals surface area contributed by atoms with Crippen LogP contribution in [-0.4, -0.2) is 11.1 Å². The molecule has 0 aliphatic heterocycles. The van der Waals surface area contributed by atoms with Crippen molar-refractivity contribution in [1.29, 1.82) is 0 Å². The molecule has 0 aliphatic carbocycles. The van der Waals surface area contributed by atoms with Crippen LogP contribution in [0.1, 0.15) is 47.7 Å². The van der Waals surface area contributed by atoms with Crippen molar-refractivity contribution in [2.24, 2.45) is 0 Å². The van der Waals surface area contributed by atoms with Gasteiger partial charge in [-0.1, -0.05) is 32.0 Å². The van der Waals surface area contributed by atoms with Gasteiger partial charge in [0.05, 0.1) is 5.56 Å². The molecule has 2 heteroatoms. The van der Waals surface area contributed by atoms with Crippen LogP contribution in [0.25, 0.3) is 0 Å². The van der Waals surface area contributed by atoms with Gasteiger partial charge >= 0.3 is 5.97 Å². The van der Waals surface area contributed by atoms with Gasteiger partial charge < -0.3 is 5.11 Å². The van der Waals surface area contributed by atoms with Crippen molar-refractivity contribution < 1.29 is 9.90 Å². The summed E-state index contributed by atoms with van der Waals surface area (Å²) in [4.78, 5) is 11.1. The molecule has 2 nitrogen and oxygen atoms in total. The van der Waals surface area contributed by atoms with Crippen molar-refractivity contribution in [2.45, 2.75) is 33.1 Å². The molecule has 1 atom stereocenters. The molecule has 0 aromatic heterocycles. The van der Waals surface area contributed by atoms with Crippen LogP contribution in [0, 0.1) is 6.92 Å². The molecule has 14 heavy (non-hydrogen) atoms. The number of benzene rings is 1. The van der Waals surface area contributed by atoms with E-state index in [0.29, 0.717) is 11.5 Å². The Balaban J connectivity index is 3.28. The maximum atomic E-state index is 11.1. The zero-order valence-corrected chi connectivity index (χ0v) is 8.87. The third-order valence-electron chi connectivity index (χ3n) is 2.66. The van der Waals surface area contributed by atoms with Crippen molar-refractivity contribution in [3.05, 3.63) is 34.9 Å². The second-order valence-corrected chi connectivity index (χ2v) is 3.65. The molecule has 1 N–H and O–H groups in total. The van der Waals surface area contributed by atoms with Crippen LogP contribution < -0.4 is 0 Å². The number of aryl methyl sites for hydroxylation is 1. The second kappa shape index (κ2) is 4.27. The van der Waals surface area contributed by atoms with Crippen LogP contribution in [0.3, 0.4) is 0 Å². The predicted molar refractivity (Wildman–Crippen MR) is 56.8 cm³/mol. The van der Waals surface area contributed by atoms with Gasteiger partial charge in [-0.3, -0.25) is 0 Å². The normalized spacial score (nSPS) is 12.5.